The standard InChI is InChI=1S/C16H28N6O4S2.HI/c1-3-27(23,24)22-11-6-14(7-12-22)21-16(17-2)19-9-10-20-28(25,26)15-5-4-8-18-13-15;/h4-5,8,13-14,20H,3,6-7,9-12H2,1-2H3,(H2,17,19,21);1H. The van der Waals surface area contributed by atoms with Crippen molar-refractivity contribution in [2.24, 2.45) is 4.99 Å². The number of aromatic nitrogens is 1. The molecule has 1 fully saturated rings. The van der Waals surface area contributed by atoms with Crippen LogP contribution in [-0.2, 0) is 20.0 Å². The molecule has 166 valence electrons. The van der Waals surface area contributed by atoms with Crippen LogP contribution in [0.15, 0.2) is 34.4 Å². The number of nitrogens with one attached hydrogen (secondary N) is 3. The van der Waals surface area contributed by atoms with Gasteiger partial charge in [0.05, 0.1) is 5.75 Å². The zero-order valence-electron chi connectivity index (χ0n) is 16.5. The van der Waals surface area contributed by atoms with E-state index in [4.69, 9.17) is 0 Å². The summed E-state index contributed by atoms with van der Waals surface area (Å²) in [5.74, 6) is 0.667. The molecule has 2 rings (SSSR count). The Bertz CT molecular complexity index is 857. The minimum absolute atomic E-state index is 0. The van der Waals surface area contributed by atoms with Crippen molar-refractivity contribution in [1.29, 1.82) is 0 Å². The van der Waals surface area contributed by atoms with Gasteiger partial charge in [0.25, 0.3) is 0 Å². The maximum absolute atomic E-state index is 12.1. The highest BCUT2D eigenvalue weighted by molar-refractivity contribution is 14.0. The molecular formula is C16H29IN6O4S2. The number of halogens is 1. The number of nitrogens with zero attached hydrogens (tertiary/aromatic N) is 3. The molecule has 0 radical (unpaired) electrons. The Kier molecular flexibility index (Phi) is 10.7. The van der Waals surface area contributed by atoms with Gasteiger partial charge in [-0.25, -0.2) is 25.9 Å². The molecule has 0 aliphatic carbocycles. The van der Waals surface area contributed by atoms with E-state index < -0.39 is 20.0 Å². The first-order valence-electron chi connectivity index (χ1n) is 9.13. The minimum Gasteiger partial charge on any atom is -0.355 e. The van der Waals surface area contributed by atoms with Gasteiger partial charge in [-0.1, -0.05) is 0 Å². The highest BCUT2D eigenvalue weighted by Gasteiger charge is 2.27. The average Bonchev–Trinajstić information content (AvgIpc) is 2.71. The summed E-state index contributed by atoms with van der Waals surface area (Å²) in [6.45, 7) is 3.15. The summed E-state index contributed by atoms with van der Waals surface area (Å²) in [6.07, 6.45) is 4.18. The van der Waals surface area contributed by atoms with Crippen molar-refractivity contribution >= 4 is 50.0 Å². The van der Waals surface area contributed by atoms with E-state index in [0.29, 0.717) is 38.4 Å². The molecule has 0 atom stereocenters. The molecule has 13 heteroatoms. The Morgan fingerprint density at radius 3 is 2.48 bits per heavy atom. The minimum atomic E-state index is -3.59. The van der Waals surface area contributed by atoms with Crippen LogP contribution in [0.2, 0.25) is 0 Å². The number of sulfonamides is 2. The summed E-state index contributed by atoms with van der Waals surface area (Å²) < 4.78 is 52.1. The second kappa shape index (κ2) is 12.0. The molecule has 2 heterocycles. The van der Waals surface area contributed by atoms with E-state index in [0.717, 1.165) is 0 Å². The molecule has 10 nitrogen and oxygen atoms in total. The predicted molar refractivity (Wildman–Crippen MR) is 123 cm³/mol. The summed E-state index contributed by atoms with van der Waals surface area (Å²) in [5.41, 5.74) is 0. The van der Waals surface area contributed by atoms with Crippen LogP contribution in [0.3, 0.4) is 0 Å². The number of hydrogen-bond donors (Lipinski definition) is 3. The summed E-state index contributed by atoms with van der Waals surface area (Å²) in [7, 11) is -5.10. The van der Waals surface area contributed by atoms with E-state index >= 15 is 0 Å². The third-order valence-electron chi connectivity index (χ3n) is 4.43. The summed E-state index contributed by atoms with van der Waals surface area (Å²) in [5, 5.41) is 6.31. The molecule has 0 unspecified atom stereocenters. The molecule has 1 aromatic heterocycles. The van der Waals surface area contributed by atoms with Crippen molar-refractivity contribution in [2.45, 2.75) is 30.7 Å². The second-order valence-electron chi connectivity index (χ2n) is 6.30. The number of pyridine rings is 1. The van der Waals surface area contributed by atoms with E-state index in [1.165, 1.54) is 22.8 Å². The van der Waals surface area contributed by atoms with Crippen LogP contribution in [0.1, 0.15) is 19.8 Å². The number of guanidine groups is 1. The molecule has 1 aromatic rings. The van der Waals surface area contributed by atoms with Gasteiger partial charge in [0.1, 0.15) is 4.90 Å². The number of rotatable bonds is 8. The van der Waals surface area contributed by atoms with Crippen LogP contribution in [0.4, 0.5) is 0 Å². The summed E-state index contributed by atoms with van der Waals surface area (Å²) >= 11 is 0. The second-order valence-corrected chi connectivity index (χ2v) is 10.3. The van der Waals surface area contributed by atoms with Crippen LogP contribution >= 0.6 is 24.0 Å². The molecule has 0 amide bonds. The lowest BCUT2D eigenvalue weighted by atomic mass is 10.1. The van der Waals surface area contributed by atoms with Crippen LogP contribution in [0, 0.1) is 0 Å². The van der Waals surface area contributed by atoms with Crippen LogP contribution < -0.4 is 15.4 Å². The Balaban J connectivity index is 0.00000420. The van der Waals surface area contributed by atoms with Crippen molar-refractivity contribution in [3.8, 4) is 0 Å². The third kappa shape index (κ3) is 7.96. The number of piperidine rings is 1. The van der Waals surface area contributed by atoms with Crippen molar-refractivity contribution in [3.63, 3.8) is 0 Å². The number of hydrogen-bond acceptors (Lipinski definition) is 6. The van der Waals surface area contributed by atoms with E-state index in [1.807, 2.05) is 0 Å². The molecule has 0 saturated carbocycles. The Labute approximate surface area is 190 Å². The highest BCUT2D eigenvalue weighted by atomic mass is 127. The van der Waals surface area contributed by atoms with Crippen molar-refractivity contribution < 1.29 is 16.8 Å². The number of aliphatic imine (C=N–C) groups is 1. The SMILES string of the molecule is CCS(=O)(=O)N1CCC(NC(=NC)NCCNS(=O)(=O)c2cccnc2)CC1.I. The van der Waals surface area contributed by atoms with Gasteiger partial charge in [0.2, 0.25) is 20.0 Å². The summed E-state index contributed by atoms with van der Waals surface area (Å²) in [6, 6.07) is 3.16. The normalized spacial score (nSPS) is 16.8. The average molecular weight is 560 g/mol. The first-order valence-corrected chi connectivity index (χ1v) is 12.2. The van der Waals surface area contributed by atoms with Crippen molar-refractivity contribution in [1.82, 2.24) is 24.6 Å². The monoisotopic (exact) mass is 560 g/mol. The Morgan fingerprint density at radius 2 is 1.93 bits per heavy atom. The van der Waals surface area contributed by atoms with Gasteiger partial charge in [0.15, 0.2) is 5.96 Å². The molecule has 3 N–H and O–H groups in total. The van der Waals surface area contributed by atoms with E-state index in [1.54, 1.807) is 20.0 Å². The molecule has 0 aromatic carbocycles. The molecule has 0 bridgehead atoms. The lowest BCUT2D eigenvalue weighted by Crippen LogP contribution is -2.50. The molecule has 0 spiro atoms. The fourth-order valence-electron chi connectivity index (χ4n) is 2.80. The van der Waals surface area contributed by atoms with Gasteiger partial charge >= 0.3 is 0 Å². The lowest BCUT2D eigenvalue weighted by molar-refractivity contribution is 0.306. The third-order valence-corrected chi connectivity index (χ3v) is 7.76. The quantitative estimate of drug-likeness (QED) is 0.176. The van der Waals surface area contributed by atoms with Gasteiger partial charge in [-0.3, -0.25) is 9.98 Å². The van der Waals surface area contributed by atoms with Crippen LogP contribution in [-0.4, -0.2) is 77.1 Å². The smallest absolute Gasteiger partial charge is 0.242 e. The van der Waals surface area contributed by atoms with Crippen LogP contribution in [0.5, 0.6) is 0 Å². The Hall–Kier alpha value is -1.03. The van der Waals surface area contributed by atoms with Gasteiger partial charge < -0.3 is 10.6 Å². The summed E-state index contributed by atoms with van der Waals surface area (Å²) in [4.78, 5) is 8.06. The van der Waals surface area contributed by atoms with E-state index in [-0.39, 0.29) is 47.2 Å². The van der Waals surface area contributed by atoms with Gasteiger partial charge in [-0.15, -0.1) is 24.0 Å². The molecular weight excluding hydrogens is 531 g/mol. The van der Waals surface area contributed by atoms with Crippen LogP contribution in [0.25, 0.3) is 0 Å². The molecule has 29 heavy (non-hydrogen) atoms. The van der Waals surface area contributed by atoms with Gasteiger partial charge in [0, 0.05) is 51.7 Å². The van der Waals surface area contributed by atoms with Crippen molar-refractivity contribution in [2.75, 3.05) is 39.0 Å². The largest absolute Gasteiger partial charge is 0.355 e. The fraction of sp³-hybridized carbons (Fsp3) is 0.625. The van der Waals surface area contributed by atoms with Crippen molar-refractivity contribution in [3.05, 3.63) is 24.5 Å². The van der Waals surface area contributed by atoms with Gasteiger partial charge in [-0.2, -0.15) is 0 Å². The van der Waals surface area contributed by atoms with E-state index in [9.17, 15) is 16.8 Å². The van der Waals surface area contributed by atoms with Gasteiger partial charge in [-0.05, 0) is 31.9 Å². The molecule has 1 aliphatic heterocycles. The first kappa shape index (κ1) is 26.0. The maximum Gasteiger partial charge on any atom is 0.242 e. The maximum atomic E-state index is 12.1. The zero-order chi connectivity index (χ0) is 20.6. The molecule has 1 saturated heterocycles. The Morgan fingerprint density at radius 1 is 1.24 bits per heavy atom. The van der Waals surface area contributed by atoms with E-state index in [2.05, 4.69) is 25.3 Å². The predicted octanol–water partition coefficient (Wildman–Crippen LogP) is -0.0430. The fourth-order valence-corrected chi connectivity index (χ4v) is 4.93. The highest BCUT2D eigenvalue weighted by Crippen LogP contribution is 2.14. The topological polar surface area (TPSA) is 133 Å². The molecule has 1 aliphatic rings. The first-order chi connectivity index (χ1) is 13.3. The zero-order valence-corrected chi connectivity index (χ0v) is 20.5. The lowest BCUT2D eigenvalue weighted by Gasteiger charge is -2.32.